The lowest BCUT2D eigenvalue weighted by Crippen LogP contribution is -2.30. The van der Waals surface area contributed by atoms with Crippen LogP contribution in [0, 0.1) is 30.9 Å². The number of thiophene rings is 1. The van der Waals surface area contributed by atoms with E-state index in [0.29, 0.717) is 27.3 Å². The number of hydrogen-bond acceptors (Lipinski definition) is 6. The van der Waals surface area contributed by atoms with Crippen LogP contribution >= 0.6 is 11.3 Å². The summed E-state index contributed by atoms with van der Waals surface area (Å²) < 4.78 is 1.36. The third-order valence-electron chi connectivity index (χ3n) is 5.33. The van der Waals surface area contributed by atoms with E-state index in [0.717, 1.165) is 16.0 Å². The predicted octanol–water partition coefficient (Wildman–Crippen LogP) is 4.60. The molecule has 0 radical (unpaired) electrons. The molecule has 0 unspecified atom stereocenters. The molecule has 1 N–H and O–H groups in total. The van der Waals surface area contributed by atoms with E-state index < -0.39 is 10.8 Å². The monoisotopic (exact) mass is 448 g/mol. The quantitative estimate of drug-likeness (QED) is 0.355. The minimum Gasteiger partial charge on any atom is -0.324 e. The van der Waals surface area contributed by atoms with Crippen molar-refractivity contribution in [3.63, 3.8) is 0 Å². The third kappa shape index (κ3) is 3.90. The minimum atomic E-state index is -0.521. The molecule has 0 spiro atoms. The van der Waals surface area contributed by atoms with Crippen LogP contribution in [0.25, 0.3) is 21.6 Å². The van der Waals surface area contributed by atoms with Crippen LogP contribution < -0.4 is 10.9 Å². The van der Waals surface area contributed by atoms with Gasteiger partial charge < -0.3 is 5.32 Å². The number of nitrogens with zero attached hydrogens (tertiary/aromatic N) is 3. The van der Waals surface area contributed by atoms with E-state index in [2.05, 4.69) is 5.32 Å². The predicted molar refractivity (Wildman–Crippen MR) is 125 cm³/mol. The van der Waals surface area contributed by atoms with Crippen molar-refractivity contribution in [2.75, 3.05) is 5.32 Å². The molecular formula is C23H20N4O4S. The van der Waals surface area contributed by atoms with Gasteiger partial charge in [-0.3, -0.25) is 24.3 Å². The summed E-state index contributed by atoms with van der Waals surface area (Å²) in [6, 6.07) is 13.5. The molecule has 0 fully saturated rings. The molecule has 2 heterocycles. The molecule has 162 valence electrons. The van der Waals surface area contributed by atoms with E-state index in [9.17, 15) is 19.7 Å². The Morgan fingerprint density at radius 2 is 1.88 bits per heavy atom. The Balaban J connectivity index is 1.78. The number of non-ortho nitro benzene ring substituents is 1. The maximum Gasteiger partial charge on any atom is 0.271 e. The van der Waals surface area contributed by atoms with Crippen molar-refractivity contribution >= 4 is 38.8 Å². The fourth-order valence-corrected chi connectivity index (χ4v) is 4.49. The van der Waals surface area contributed by atoms with Gasteiger partial charge in [0.15, 0.2) is 0 Å². The average molecular weight is 449 g/mol. The van der Waals surface area contributed by atoms with E-state index in [1.165, 1.54) is 28.0 Å². The van der Waals surface area contributed by atoms with Gasteiger partial charge in [0.2, 0.25) is 5.91 Å². The Hall–Kier alpha value is -3.85. The number of benzene rings is 2. The van der Waals surface area contributed by atoms with Crippen LogP contribution in [0.2, 0.25) is 0 Å². The largest absolute Gasteiger partial charge is 0.324 e. The maximum atomic E-state index is 13.4. The highest BCUT2D eigenvalue weighted by Gasteiger charge is 2.20. The van der Waals surface area contributed by atoms with Gasteiger partial charge in [-0.05, 0) is 31.9 Å². The van der Waals surface area contributed by atoms with E-state index in [-0.39, 0.29) is 17.8 Å². The fourth-order valence-electron chi connectivity index (χ4n) is 3.47. The fraction of sp³-hybridized carbons (Fsp3) is 0.174. The molecule has 0 saturated carbocycles. The molecule has 0 bridgehead atoms. The second-order valence-corrected chi connectivity index (χ2v) is 8.66. The Labute approximate surface area is 187 Å². The zero-order valence-electron chi connectivity index (χ0n) is 17.7. The van der Waals surface area contributed by atoms with E-state index in [1.54, 1.807) is 13.0 Å². The van der Waals surface area contributed by atoms with Crippen LogP contribution in [0.5, 0.6) is 0 Å². The first-order chi connectivity index (χ1) is 15.3. The van der Waals surface area contributed by atoms with Crippen LogP contribution in [0.15, 0.2) is 53.3 Å². The van der Waals surface area contributed by atoms with Crippen molar-refractivity contribution in [1.29, 1.82) is 0 Å². The topological polar surface area (TPSA) is 107 Å². The second-order valence-electron chi connectivity index (χ2n) is 7.46. The number of nitrogens with one attached hydrogen (secondary N) is 1. The lowest BCUT2D eigenvalue weighted by molar-refractivity contribution is -0.384. The summed E-state index contributed by atoms with van der Waals surface area (Å²) in [5.41, 5.74) is 2.16. The number of hydrogen-bond donors (Lipinski definition) is 1. The standard InChI is InChI=1S/C23H20N4O4S/c1-13-9-10-17(27(30)31)11-18(13)24-19(28)12-26-21(16-7-5-4-6-8-16)25-22-20(23(26)29)14(2)15(3)32-22/h4-11H,12H2,1-3H3,(H,24,28). The Morgan fingerprint density at radius 3 is 2.56 bits per heavy atom. The summed E-state index contributed by atoms with van der Waals surface area (Å²) >= 11 is 1.45. The maximum absolute atomic E-state index is 13.4. The highest BCUT2D eigenvalue weighted by Crippen LogP contribution is 2.29. The molecule has 9 heteroatoms. The normalized spacial score (nSPS) is 11.0. The van der Waals surface area contributed by atoms with Gasteiger partial charge in [-0.2, -0.15) is 0 Å². The lowest BCUT2D eigenvalue weighted by Gasteiger charge is -2.14. The van der Waals surface area contributed by atoms with Crippen LogP contribution in [0.4, 0.5) is 11.4 Å². The molecule has 32 heavy (non-hydrogen) atoms. The van der Waals surface area contributed by atoms with E-state index >= 15 is 0 Å². The van der Waals surface area contributed by atoms with Crippen molar-refractivity contribution in [1.82, 2.24) is 9.55 Å². The first-order valence-corrected chi connectivity index (χ1v) is 10.7. The molecule has 4 aromatic rings. The van der Waals surface area contributed by atoms with Gasteiger partial charge in [0.05, 0.1) is 16.0 Å². The Morgan fingerprint density at radius 1 is 1.16 bits per heavy atom. The summed E-state index contributed by atoms with van der Waals surface area (Å²) in [7, 11) is 0. The molecule has 8 nitrogen and oxygen atoms in total. The van der Waals surface area contributed by atoms with Crippen molar-refractivity contribution in [3.8, 4) is 11.4 Å². The van der Waals surface area contributed by atoms with Gasteiger partial charge in [-0.15, -0.1) is 11.3 Å². The van der Waals surface area contributed by atoms with Crippen LogP contribution in [0.1, 0.15) is 16.0 Å². The molecule has 0 aliphatic rings. The smallest absolute Gasteiger partial charge is 0.271 e. The third-order valence-corrected chi connectivity index (χ3v) is 6.43. The van der Waals surface area contributed by atoms with Gasteiger partial charge in [-0.1, -0.05) is 36.4 Å². The molecule has 0 aliphatic carbocycles. The summed E-state index contributed by atoms with van der Waals surface area (Å²) in [6.45, 7) is 5.27. The highest BCUT2D eigenvalue weighted by atomic mass is 32.1. The first kappa shape index (κ1) is 21.4. The van der Waals surface area contributed by atoms with Gasteiger partial charge >= 0.3 is 0 Å². The Kier molecular flexibility index (Phi) is 5.58. The highest BCUT2D eigenvalue weighted by molar-refractivity contribution is 7.18. The minimum absolute atomic E-state index is 0.125. The summed E-state index contributed by atoms with van der Waals surface area (Å²) in [4.78, 5) is 43.2. The first-order valence-electron chi connectivity index (χ1n) is 9.87. The van der Waals surface area contributed by atoms with Crippen molar-refractivity contribution < 1.29 is 9.72 Å². The number of fused-ring (bicyclic) bond motifs is 1. The molecule has 0 atom stereocenters. The van der Waals surface area contributed by atoms with Crippen LogP contribution in [-0.2, 0) is 11.3 Å². The zero-order chi connectivity index (χ0) is 23.0. The molecule has 0 aliphatic heterocycles. The molecule has 4 rings (SSSR count). The summed E-state index contributed by atoms with van der Waals surface area (Å²) in [6.07, 6.45) is 0. The molecule has 2 aromatic carbocycles. The number of aryl methyl sites for hydroxylation is 3. The number of nitro benzene ring substituents is 1. The number of carbonyl (C=O) groups excluding carboxylic acids is 1. The number of aromatic nitrogens is 2. The van der Waals surface area contributed by atoms with Gasteiger partial charge in [0.25, 0.3) is 11.2 Å². The lowest BCUT2D eigenvalue weighted by atomic mass is 10.1. The molecule has 0 saturated heterocycles. The van der Waals surface area contributed by atoms with E-state index in [1.807, 2.05) is 44.2 Å². The van der Waals surface area contributed by atoms with Crippen LogP contribution in [-0.4, -0.2) is 20.4 Å². The molecule has 2 aromatic heterocycles. The molecule has 1 amide bonds. The summed E-state index contributed by atoms with van der Waals surface area (Å²) in [5.74, 6) is -0.0751. The average Bonchev–Trinajstić information content (AvgIpc) is 3.05. The number of amides is 1. The molecular weight excluding hydrogens is 428 g/mol. The number of carbonyl (C=O) groups is 1. The summed E-state index contributed by atoms with van der Waals surface area (Å²) in [5, 5.41) is 14.3. The number of anilines is 1. The zero-order valence-corrected chi connectivity index (χ0v) is 18.5. The van der Waals surface area contributed by atoms with Crippen molar-refractivity contribution in [3.05, 3.63) is 85.0 Å². The van der Waals surface area contributed by atoms with Gasteiger partial charge in [-0.25, -0.2) is 4.98 Å². The second kappa shape index (κ2) is 8.35. The van der Waals surface area contributed by atoms with Gasteiger partial charge in [0.1, 0.15) is 17.2 Å². The Bertz CT molecular complexity index is 1420. The number of nitro groups is 1. The van der Waals surface area contributed by atoms with E-state index in [4.69, 9.17) is 4.98 Å². The van der Waals surface area contributed by atoms with Crippen molar-refractivity contribution in [2.45, 2.75) is 27.3 Å². The SMILES string of the molecule is Cc1ccc([N+](=O)[O-])cc1NC(=O)Cn1c(-c2ccccc2)nc2sc(C)c(C)c2c1=O. The van der Waals surface area contributed by atoms with Gasteiger partial charge in [0, 0.05) is 22.6 Å². The number of rotatable bonds is 5. The van der Waals surface area contributed by atoms with Crippen molar-refractivity contribution in [2.24, 2.45) is 0 Å². The van der Waals surface area contributed by atoms with Crippen LogP contribution in [0.3, 0.4) is 0 Å².